The predicted molar refractivity (Wildman–Crippen MR) is 100 cm³/mol. The van der Waals surface area contributed by atoms with Crippen LogP contribution in [0.5, 0.6) is 0 Å². The molecule has 4 nitrogen and oxygen atoms in total. The van der Waals surface area contributed by atoms with E-state index in [0.29, 0.717) is 0 Å². The number of hydrogen-bond acceptors (Lipinski definition) is 3. The Morgan fingerprint density at radius 1 is 1.04 bits per heavy atom. The van der Waals surface area contributed by atoms with E-state index in [9.17, 15) is 9.90 Å². The van der Waals surface area contributed by atoms with Crippen molar-refractivity contribution in [3.8, 4) is 22.5 Å². The van der Waals surface area contributed by atoms with Crippen molar-refractivity contribution < 1.29 is 9.90 Å². The molecule has 0 saturated carbocycles. The summed E-state index contributed by atoms with van der Waals surface area (Å²) in [4.78, 5) is 17.7. The minimum absolute atomic E-state index is 0.00162. The van der Waals surface area contributed by atoms with Gasteiger partial charge in [0.1, 0.15) is 0 Å². The summed E-state index contributed by atoms with van der Waals surface area (Å²) in [5.41, 5.74) is 4.95. The molecule has 0 aliphatic carbocycles. The molecule has 124 valence electrons. The molecule has 0 spiro atoms. The van der Waals surface area contributed by atoms with Crippen LogP contribution in [0.25, 0.3) is 27.5 Å². The second-order valence-electron chi connectivity index (χ2n) is 5.84. The first kappa shape index (κ1) is 15.6. The van der Waals surface area contributed by atoms with Gasteiger partial charge in [-0.2, -0.15) is 0 Å². The zero-order chi connectivity index (χ0) is 17.4. The fourth-order valence-corrected chi connectivity index (χ4v) is 4.28. The van der Waals surface area contributed by atoms with E-state index in [1.165, 1.54) is 11.3 Å². The number of thiazole rings is 1. The first-order valence-corrected chi connectivity index (χ1v) is 8.80. The number of fused-ring (bicyclic) bond motifs is 1. The molecular formula is C20H16N2O2S. The number of carboxylic acid groups (broad SMARTS) is 1. The van der Waals surface area contributed by atoms with Gasteiger partial charge in [0, 0.05) is 16.1 Å². The summed E-state index contributed by atoms with van der Waals surface area (Å²) in [6.45, 7) is 2.03. The van der Waals surface area contributed by atoms with Crippen molar-refractivity contribution in [1.29, 1.82) is 0 Å². The van der Waals surface area contributed by atoms with Gasteiger partial charge in [0.25, 0.3) is 0 Å². The Morgan fingerprint density at radius 3 is 2.24 bits per heavy atom. The van der Waals surface area contributed by atoms with E-state index in [4.69, 9.17) is 4.98 Å². The molecule has 0 aliphatic rings. The monoisotopic (exact) mass is 348 g/mol. The lowest BCUT2D eigenvalue weighted by Crippen LogP contribution is -2.01. The van der Waals surface area contributed by atoms with Gasteiger partial charge in [0.15, 0.2) is 4.96 Å². The zero-order valence-corrected chi connectivity index (χ0v) is 14.5. The third-order valence-electron chi connectivity index (χ3n) is 4.19. The number of carbonyl (C=O) groups is 1. The molecule has 0 radical (unpaired) electrons. The lowest BCUT2D eigenvalue weighted by Gasteiger charge is -2.06. The number of nitrogens with zero attached hydrogens (tertiary/aromatic N) is 2. The Hall–Kier alpha value is -2.92. The summed E-state index contributed by atoms with van der Waals surface area (Å²) >= 11 is 1.45. The van der Waals surface area contributed by atoms with Gasteiger partial charge in [-0.15, -0.1) is 11.3 Å². The van der Waals surface area contributed by atoms with Crippen molar-refractivity contribution in [2.45, 2.75) is 13.3 Å². The van der Waals surface area contributed by atoms with Crippen LogP contribution in [0.15, 0.2) is 60.7 Å². The molecule has 2 aromatic heterocycles. The Balaban J connectivity index is 1.99. The normalized spacial score (nSPS) is 11.1. The number of carboxylic acids is 1. The summed E-state index contributed by atoms with van der Waals surface area (Å²) in [5.74, 6) is -0.831. The standard InChI is InChI=1S/C20H16N2O2S/c1-13-18(14-8-4-2-5-9-14)21-20-22(13)19(15-10-6-3-7-11-15)16(25-20)12-17(23)24/h2-11H,12H2,1H3,(H,23,24). The first-order valence-electron chi connectivity index (χ1n) is 7.98. The molecule has 0 amide bonds. The molecule has 0 bridgehead atoms. The number of rotatable bonds is 4. The highest BCUT2D eigenvalue weighted by molar-refractivity contribution is 7.17. The molecule has 2 aromatic carbocycles. The number of benzene rings is 2. The van der Waals surface area contributed by atoms with E-state index in [1.54, 1.807) is 0 Å². The Kier molecular flexibility index (Phi) is 3.86. The maximum atomic E-state index is 11.3. The third kappa shape index (κ3) is 2.72. The summed E-state index contributed by atoms with van der Waals surface area (Å²) in [6.07, 6.45) is -0.00162. The van der Waals surface area contributed by atoms with Crippen LogP contribution in [0.2, 0.25) is 0 Å². The lowest BCUT2D eigenvalue weighted by atomic mass is 10.1. The third-order valence-corrected chi connectivity index (χ3v) is 5.23. The summed E-state index contributed by atoms with van der Waals surface area (Å²) in [7, 11) is 0. The maximum Gasteiger partial charge on any atom is 0.308 e. The average Bonchev–Trinajstić information content (AvgIpc) is 3.12. The molecular weight excluding hydrogens is 332 g/mol. The van der Waals surface area contributed by atoms with Crippen LogP contribution in [0.3, 0.4) is 0 Å². The molecule has 1 N–H and O–H groups in total. The van der Waals surface area contributed by atoms with Crippen molar-refractivity contribution in [2.24, 2.45) is 0 Å². The number of imidazole rings is 1. The number of aromatic nitrogens is 2. The van der Waals surface area contributed by atoms with Crippen molar-refractivity contribution in [2.75, 3.05) is 0 Å². The Bertz CT molecular complexity index is 1050. The Labute approximate surface area is 149 Å². The van der Waals surface area contributed by atoms with Gasteiger partial charge in [0.05, 0.1) is 17.8 Å². The average molecular weight is 348 g/mol. The topological polar surface area (TPSA) is 54.6 Å². The molecule has 0 unspecified atom stereocenters. The van der Waals surface area contributed by atoms with Crippen LogP contribution in [-0.4, -0.2) is 20.5 Å². The second kappa shape index (κ2) is 6.18. The van der Waals surface area contributed by atoms with E-state index in [0.717, 1.165) is 38.0 Å². The molecule has 0 aliphatic heterocycles. The highest BCUT2D eigenvalue weighted by atomic mass is 32.1. The molecule has 25 heavy (non-hydrogen) atoms. The molecule has 0 fully saturated rings. The highest BCUT2D eigenvalue weighted by Crippen LogP contribution is 2.36. The highest BCUT2D eigenvalue weighted by Gasteiger charge is 2.21. The first-order chi connectivity index (χ1) is 12.1. The molecule has 5 heteroatoms. The van der Waals surface area contributed by atoms with Crippen LogP contribution in [0.1, 0.15) is 10.6 Å². The molecule has 4 rings (SSSR count). The van der Waals surface area contributed by atoms with Crippen LogP contribution >= 0.6 is 11.3 Å². The van der Waals surface area contributed by atoms with Gasteiger partial charge in [-0.25, -0.2) is 4.98 Å². The number of aryl methyl sites for hydroxylation is 1. The van der Waals surface area contributed by atoms with Gasteiger partial charge >= 0.3 is 5.97 Å². The van der Waals surface area contributed by atoms with Gasteiger partial charge in [-0.1, -0.05) is 60.7 Å². The van der Waals surface area contributed by atoms with Crippen molar-refractivity contribution in [3.05, 3.63) is 71.2 Å². The molecule has 4 aromatic rings. The molecule has 0 atom stereocenters. The molecule has 0 saturated heterocycles. The van der Waals surface area contributed by atoms with Crippen LogP contribution in [-0.2, 0) is 11.2 Å². The SMILES string of the molecule is Cc1c(-c2ccccc2)nc2sc(CC(=O)O)c(-c3ccccc3)n12. The zero-order valence-electron chi connectivity index (χ0n) is 13.6. The lowest BCUT2D eigenvalue weighted by molar-refractivity contribution is -0.136. The van der Waals surface area contributed by atoms with E-state index >= 15 is 0 Å². The largest absolute Gasteiger partial charge is 0.481 e. The summed E-state index contributed by atoms with van der Waals surface area (Å²) < 4.78 is 2.08. The van der Waals surface area contributed by atoms with Crippen LogP contribution < -0.4 is 0 Å². The van der Waals surface area contributed by atoms with Gasteiger partial charge in [0.2, 0.25) is 0 Å². The molecule has 2 heterocycles. The smallest absolute Gasteiger partial charge is 0.308 e. The van der Waals surface area contributed by atoms with E-state index in [2.05, 4.69) is 4.40 Å². The minimum atomic E-state index is -0.831. The van der Waals surface area contributed by atoms with E-state index in [1.807, 2.05) is 67.6 Å². The minimum Gasteiger partial charge on any atom is -0.481 e. The fraction of sp³-hybridized carbons (Fsp3) is 0.100. The van der Waals surface area contributed by atoms with Gasteiger partial charge in [-0.3, -0.25) is 9.20 Å². The Morgan fingerprint density at radius 2 is 1.64 bits per heavy atom. The maximum absolute atomic E-state index is 11.3. The second-order valence-corrected chi connectivity index (χ2v) is 6.90. The van der Waals surface area contributed by atoms with Crippen molar-refractivity contribution in [1.82, 2.24) is 9.38 Å². The van der Waals surface area contributed by atoms with E-state index < -0.39 is 5.97 Å². The van der Waals surface area contributed by atoms with Crippen LogP contribution in [0, 0.1) is 6.92 Å². The number of hydrogen-bond donors (Lipinski definition) is 1. The van der Waals surface area contributed by atoms with Crippen molar-refractivity contribution >= 4 is 22.3 Å². The van der Waals surface area contributed by atoms with Gasteiger partial charge in [-0.05, 0) is 12.5 Å². The van der Waals surface area contributed by atoms with Gasteiger partial charge < -0.3 is 5.11 Å². The van der Waals surface area contributed by atoms with Crippen molar-refractivity contribution in [3.63, 3.8) is 0 Å². The fourth-order valence-electron chi connectivity index (χ4n) is 3.10. The summed E-state index contributed by atoms with van der Waals surface area (Å²) in [6, 6.07) is 20.0. The predicted octanol–water partition coefficient (Wildman–Crippen LogP) is 4.67. The summed E-state index contributed by atoms with van der Waals surface area (Å²) in [5, 5.41) is 9.28. The van der Waals surface area contributed by atoms with E-state index in [-0.39, 0.29) is 6.42 Å². The van der Waals surface area contributed by atoms with Crippen LogP contribution in [0.4, 0.5) is 0 Å². The number of aliphatic carboxylic acids is 1. The quantitative estimate of drug-likeness (QED) is 0.583.